The summed E-state index contributed by atoms with van der Waals surface area (Å²) >= 11 is 0. The van der Waals surface area contributed by atoms with Gasteiger partial charge in [0.1, 0.15) is 0 Å². The number of piperidine rings is 1. The summed E-state index contributed by atoms with van der Waals surface area (Å²) in [7, 11) is 2.15. The summed E-state index contributed by atoms with van der Waals surface area (Å²) in [6, 6.07) is 0. The van der Waals surface area contributed by atoms with E-state index in [0.29, 0.717) is 0 Å². The van der Waals surface area contributed by atoms with Crippen LogP contribution >= 0.6 is 0 Å². The van der Waals surface area contributed by atoms with E-state index in [9.17, 15) is 5.11 Å². The Bertz CT molecular complexity index is 185. The molecular weight excluding hydrogens is 198 g/mol. The molecule has 1 aliphatic heterocycles. The minimum absolute atomic E-state index is 0.360. The van der Waals surface area contributed by atoms with Crippen LogP contribution in [0.1, 0.15) is 58.8 Å². The zero-order valence-corrected chi connectivity index (χ0v) is 11.3. The van der Waals surface area contributed by atoms with Gasteiger partial charge in [0.2, 0.25) is 0 Å². The fourth-order valence-corrected chi connectivity index (χ4v) is 2.72. The van der Waals surface area contributed by atoms with Gasteiger partial charge >= 0.3 is 0 Å². The van der Waals surface area contributed by atoms with Crippen LogP contribution in [0.3, 0.4) is 0 Å². The molecule has 2 nitrogen and oxygen atoms in total. The average molecular weight is 227 g/mol. The minimum Gasteiger partial charge on any atom is -0.390 e. The predicted octanol–water partition coefficient (Wildman–Crippen LogP) is 3.05. The molecule has 16 heavy (non-hydrogen) atoms. The number of aliphatic hydroxyl groups is 1. The van der Waals surface area contributed by atoms with Gasteiger partial charge in [0.15, 0.2) is 0 Å². The maximum absolute atomic E-state index is 10.6. The molecule has 1 fully saturated rings. The van der Waals surface area contributed by atoms with Crippen LogP contribution in [-0.4, -0.2) is 35.7 Å². The smallest absolute Gasteiger partial charge is 0.0674 e. The van der Waals surface area contributed by atoms with Crippen molar-refractivity contribution in [1.82, 2.24) is 4.90 Å². The van der Waals surface area contributed by atoms with Crippen molar-refractivity contribution in [1.29, 1.82) is 0 Å². The van der Waals surface area contributed by atoms with E-state index in [1.165, 1.54) is 25.7 Å². The van der Waals surface area contributed by atoms with Crippen molar-refractivity contribution in [3.8, 4) is 0 Å². The van der Waals surface area contributed by atoms with Gasteiger partial charge in [-0.05, 0) is 32.2 Å². The summed E-state index contributed by atoms with van der Waals surface area (Å²) in [5, 5.41) is 10.6. The zero-order valence-electron chi connectivity index (χ0n) is 11.3. The summed E-state index contributed by atoms with van der Waals surface area (Å²) in [6.45, 7) is 6.62. The second-order valence-electron chi connectivity index (χ2n) is 5.65. The van der Waals surface area contributed by atoms with Crippen LogP contribution in [0.25, 0.3) is 0 Å². The lowest BCUT2D eigenvalue weighted by atomic mass is 9.80. The second kappa shape index (κ2) is 6.61. The number of hydrogen-bond acceptors (Lipinski definition) is 2. The highest BCUT2D eigenvalue weighted by molar-refractivity contribution is 4.86. The van der Waals surface area contributed by atoms with Crippen LogP contribution in [0.15, 0.2) is 0 Å². The fourth-order valence-electron chi connectivity index (χ4n) is 2.72. The summed E-state index contributed by atoms with van der Waals surface area (Å²) in [4.78, 5) is 2.32. The van der Waals surface area contributed by atoms with Crippen molar-refractivity contribution >= 4 is 0 Å². The maximum Gasteiger partial charge on any atom is 0.0674 e. The van der Waals surface area contributed by atoms with E-state index in [4.69, 9.17) is 0 Å². The Hall–Kier alpha value is -0.0800. The summed E-state index contributed by atoms with van der Waals surface area (Å²) in [6.07, 6.45) is 8.06. The molecule has 1 aliphatic rings. The van der Waals surface area contributed by atoms with Crippen molar-refractivity contribution in [2.45, 2.75) is 64.4 Å². The van der Waals surface area contributed by atoms with Crippen molar-refractivity contribution in [3.05, 3.63) is 0 Å². The fraction of sp³-hybridized carbons (Fsp3) is 1.00. The van der Waals surface area contributed by atoms with Crippen molar-refractivity contribution < 1.29 is 5.11 Å². The van der Waals surface area contributed by atoms with Gasteiger partial charge in [-0.25, -0.2) is 0 Å². The first-order chi connectivity index (χ1) is 7.59. The Morgan fingerprint density at radius 2 is 1.88 bits per heavy atom. The van der Waals surface area contributed by atoms with Gasteiger partial charge in [-0.1, -0.05) is 39.5 Å². The average Bonchev–Trinajstić information content (AvgIpc) is 2.29. The lowest BCUT2D eigenvalue weighted by molar-refractivity contribution is -0.0357. The van der Waals surface area contributed by atoms with E-state index in [2.05, 4.69) is 25.8 Å². The summed E-state index contributed by atoms with van der Waals surface area (Å²) in [5.41, 5.74) is -0.360. The Morgan fingerprint density at radius 3 is 2.38 bits per heavy atom. The Kier molecular flexibility index (Phi) is 5.77. The predicted molar refractivity (Wildman–Crippen MR) is 69.6 cm³/mol. The Balaban J connectivity index is 2.37. The third kappa shape index (κ3) is 4.42. The van der Waals surface area contributed by atoms with Crippen LogP contribution in [0.4, 0.5) is 0 Å². The molecule has 0 saturated carbocycles. The molecule has 1 saturated heterocycles. The third-order valence-corrected chi connectivity index (χ3v) is 4.13. The van der Waals surface area contributed by atoms with Gasteiger partial charge in [-0.2, -0.15) is 0 Å². The minimum atomic E-state index is -0.360. The van der Waals surface area contributed by atoms with Crippen molar-refractivity contribution in [2.24, 2.45) is 5.92 Å². The Morgan fingerprint density at radius 1 is 1.25 bits per heavy atom. The SMILES string of the molecule is CCCCC(CC)CC1(O)CCN(C)CC1. The third-order valence-electron chi connectivity index (χ3n) is 4.13. The first-order valence-corrected chi connectivity index (χ1v) is 7.00. The van der Waals surface area contributed by atoms with Gasteiger partial charge in [0, 0.05) is 13.1 Å². The summed E-state index contributed by atoms with van der Waals surface area (Å²) < 4.78 is 0. The molecule has 0 aromatic rings. The van der Waals surface area contributed by atoms with Gasteiger partial charge in [-0.3, -0.25) is 0 Å². The van der Waals surface area contributed by atoms with Crippen LogP contribution in [0.2, 0.25) is 0 Å². The largest absolute Gasteiger partial charge is 0.390 e. The molecule has 0 aromatic heterocycles. The highest BCUT2D eigenvalue weighted by Crippen LogP contribution is 2.31. The topological polar surface area (TPSA) is 23.5 Å². The van der Waals surface area contributed by atoms with E-state index >= 15 is 0 Å². The molecule has 0 radical (unpaired) electrons. The molecule has 1 unspecified atom stereocenters. The van der Waals surface area contributed by atoms with Crippen LogP contribution in [-0.2, 0) is 0 Å². The molecule has 2 heteroatoms. The van der Waals surface area contributed by atoms with Gasteiger partial charge in [0.05, 0.1) is 5.60 Å². The molecule has 0 spiro atoms. The normalized spacial score (nSPS) is 23.2. The number of unbranched alkanes of at least 4 members (excludes halogenated alkanes) is 1. The molecule has 0 bridgehead atoms. The van der Waals surface area contributed by atoms with E-state index in [0.717, 1.165) is 38.3 Å². The van der Waals surface area contributed by atoms with E-state index in [1.54, 1.807) is 0 Å². The Labute approximate surface area is 101 Å². The van der Waals surface area contributed by atoms with Crippen molar-refractivity contribution in [3.63, 3.8) is 0 Å². The van der Waals surface area contributed by atoms with E-state index in [1.807, 2.05) is 0 Å². The first-order valence-electron chi connectivity index (χ1n) is 7.00. The quantitative estimate of drug-likeness (QED) is 0.754. The molecule has 1 N–H and O–H groups in total. The summed E-state index contributed by atoms with van der Waals surface area (Å²) in [5.74, 6) is 0.730. The molecule has 0 aliphatic carbocycles. The highest BCUT2D eigenvalue weighted by Gasteiger charge is 2.32. The van der Waals surface area contributed by atoms with Crippen LogP contribution in [0, 0.1) is 5.92 Å². The van der Waals surface area contributed by atoms with Crippen molar-refractivity contribution in [2.75, 3.05) is 20.1 Å². The number of hydrogen-bond donors (Lipinski definition) is 1. The lowest BCUT2D eigenvalue weighted by Crippen LogP contribution is -2.43. The number of rotatable bonds is 6. The van der Waals surface area contributed by atoms with Crippen LogP contribution in [0.5, 0.6) is 0 Å². The van der Waals surface area contributed by atoms with Gasteiger partial charge in [-0.15, -0.1) is 0 Å². The molecule has 1 heterocycles. The molecule has 1 atom stereocenters. The van der Waals surface area contributed by atoms with Crippen LogP contribution < -0.4 is 0 Å². The van der Waals surface area contributed by atoms with E-state index in [-0.39, 0.29) is 5.60 Å². The first kappa shape index (κ1) is 14.0. The molecule has 1 rings (SSSR count). The zero-order chi connectivity index (χ0) is 12.0. The molecular formula is C14H29NO. The van der Waals surface area contributed by atoms with E-state index < -0.39 is 0 Å². The number of nitrogens with zero attached hydrogens (tertiary/aromatic N) is 1. The standard InChI is InChI=1S/C14H29NO/c1-4-6-7-13(5-2)12-14(16)8-10-15(3)11-9-14/h13,16H,4-12H2,1-3H3. The molecule has 0 amide bonds. The monoisotopic (exact) mass is 227 g/mol. The molecule has 96 valence electrons. The highest BCUT2D eigenvalue weighted by atomic mass is 16.3. The maximum atomic E-state index is 10.6. The number of likely N-dealkylation sites (tertiary alicyclic amines) is 1. The van der Waals surface area contributed by atoms with Gasteiger partial charge in [0.25, 0.3) is 0 Å². The lowest BCUT2D eigenvalue weighted by Gasteiger charge is -2.38. The van der Waals surface area contributed by atoms with Gasteiger partial charge < -0.3 is 10.0 Å². The molecule has 0 aromatic carbocycles. The second-order valence-corrected chi connectivity index (χ2v) is 5.65.